The number of carbonyl (C=O) groups excluding carboxylic acids is 2. The van der Waals surface area contributed by atoms with Crippen molar-refractivity contribution in [2.45, 2.75) is 20.0 Å². The average Bonchev–Trinajstić information content (AvgIpc) is 2.99. The molecule has 0 fully saturated rings. The van der Waals surface area contributed by atoms with E-state index in [2.05, 4.69) is 10.5 Å². The monoisotopic (exact) mass is 538 g/mol. The number of hydrogen-bond acceptors (Lipinski definition) is 7. The van der Waals surface area contributed by atoms with Crippen molar-refractivity contribution in [3.05, 3.63) is 108 Å². The highest BCUT2D eigenvalue weighted by Gasteiger charge is 2.15. The lowest BCUT2D eigenvalue weighted by Crippen LogP contribution is -2.33. The number of amides is 1. The van der Waals surface area contributed by atoms with E-state index in [9.17, 15) is 9.59 Å². The molecular formula is C32H30N2O6. The van der Waals surface area contributed by atoms with E-state index in [0.29, 0.717) is 35.0 Å². The maximum Gasteiger partial charge on any atom is 0.343 e. The van der Waals surface area contributed by atoms with Crippen molar-refractivity contribution in [3.63, 3.8) is 0 Å². The van der Waals surface area contributed by atoms with Gasteiger partial charge in [0, 0.05) is 0 Å². The van der Waals surface area contributed by atoms with Crippen LogP contribution in [-0.4, -0.2) is 37.9 Å². The minimum atomic E-state index is -0.765. The average molecular weight is 539 g/mol. The smallest absolute Gasteiger partial charge is 0.343 e. The SMILES string of the molecule is CCOc1ccc(C(=O)Oc2ccc(/C=N\NC(=O)[C@H](C)Oc3ccc(-c4ccccc4)cc3)cc2OC)cc1. The Morgan fingerprint density at radius 1 is 0.850 bits per heavy atom. The Kier molecular flexibility index (Phi) is 9.50. The molecule has 0 aliphatic rings. The Morgan fingerprint density at radius 2 is 1.52 bits per heavy atom. The summed E-state index contributed by atoms with van der Waals surface area (Å²) in [5.74, 6) is 0.903. The number of benzene rings is 4. The second-order valence-electron chi connectivity index (χ2n) is 8.64. The summed E-state index contributed by atoms with van der Waals surface area (Å²) in [6.45, 7) is 4.07. The second kappa shape index (κ2) is 13.6. The summed E-state index contributed by atoms with van der Waals surface area (Å²) < 4.78 is 22.0. The first-order chi connectivity index (χ1) is 19.5. The molecule has 4 aromatic rings. The zero-order chi connectivity index (χ0) is 28.3. The number of esters is 1. The van der Waals surface area contributed by atoms with Crippen LogP contribution in [0.2, 0.25) is 0 Å². The van der Waals surface area contributed by atoms with Crippen LogP contribution >= 0.6 is 0 Å². The molecular weight excluding hydrogens is 508 g/mol. The van der Waals surface area contributed by atoms with Gasteiger partial charge in [-0.25, -0.2) is 10.2 Å². The third kappa shape index (κ3) is 7.48. The van der Waals surface area contributed by atoms with E-state index in [4.69, 9.17) is 18.9 Å². The van der Waals surface area contributed by atoms with E-state index >= 15 is 0 Å². The van der Waals surface area contributed by atoms with Crippen LogP contribution in [0, 0.1) is 0 Å². The Hall–Kier alpha value is -5.11. The number of methoxy groups -OCH3 is 1. The fourth-order valence-electron chi connectivity index (χ4n) is 3.74. The van der Waals surface area contributed by atoms with E-state index < -0.39 is 18.0 Å². The summed E-state index contributed by atoms with van der Waals surface area (Å²) in [6.07, 6.45) is 0.693. The highest BCUT2D eigenvalue weighted by atomic mass is 16.6. The van der Waals surface area contributed by atoms with Gasteiger partial charge in [-0.3, -0.25) is 4.79 Å². The fourth-order valence-corrected chi connectivity index (χ4v) is 3.74. The summed E-state index contributed by atoms with van der Waals surface area (Å²) in [5.41, 5.74) is 5.64. The van der Waals surface area contributed by atoms with Gasteiger partial charge in [0.15, 0.2) is 17.6 Å². The predicted molar refractivity (Wildman–Crippen MR) is 153 cm³/mol. The third-order valence-electron chi connectivity index (χ3n) is 5.82. The van der Waals surface area contributed by atoms with Crippen molar-refractivity contribution < 1.29 is 28.5 Å². The Balaban J connectivity index is 1.31. The molecule has 40 heavy (non-hydrogen) atoms. The standard InChI is InChI=1S/C32H30N2O6/c1-4-38-27-15-13-26(14-16-27)32(36)40-29-19-10-23(20-30(29)37-3)21-33-34-31(35)22(2)39-28-17-11-25(12-18-28)24-8-6-5-7-9-24/h5-22H,4H2,1-3H3,(H,34,35)/b33-21-/t22-/m0/s1. The Bertz CT molecular complexity index is 1450. The molecule has 4 rings (SSSR count). The van der Waals surface area contributed by atoms with Crippen LogP contribution in [0.15, 0.2) is 102 Å². The van der Waals surface area contributed by atoms with Crippen molar-refractivity contribution in [3.8, 4) is 34.1 Å². The molecule has 1 atom stereocenters. The summed E-state index contributed by atoms with van der Waals surface area (Å²) in [5, 5.41) is 4.02. The number of nitrogens with zero attached hydrogens (tertiary/aromatic N) is 1. The molecule has 4 aromatic carbocycles. The molecule has 0 bridgehead atoms. The van der Waals surface area contributed by atoms with Gasteiger partial charge in [0.1, 0.15) is 11.5 Å². The molecule has 0 aromatic heterocycles. The van der Waals surface area contributed by atoms with Gasteiger partial charge >= 0.3 is 5.97 Å². The van der Waals surface area contributed by atoms with E-state index in [-0.39, 0.29) is 5.75 Å². The van der Waals surface area contributed by atoms with Crippen LogP contribution in [-0.2, 0) is 4.79 Å². The van der Waals surface area contributed by atoms with E-state index in [1.54, 1.807) is 49.4 Å². The van der Waals surface area contributed by atoms with Crippen LogP contribution in [0.25, 0.3) is 11.1 Å². The zero-order valence-corrected chi connectivity index (χ0v) is 22.5. The molecule has 0 aliphatic heterocycles. The number of carbonyl (C=O) groups is 2. The van der Waals surface area contributed by atoms with E-state index in [0.717, 1.165) is 11.1 Å². The van der Waals surface area contributed by atoms with Gasteiger partial charge < -0.3 is 18.9 Å². The maximum atomic E-state index is 12.6. The summed E-state index contributed by atoms with van der Waals surface area (Å²) in [7, 11) is 1.47. The van der Waals surface area contributed by atoms with Crippen molar-refractivity contribution in [2.24, 2.45) is 5.10 Å². The van der Waals surface area contributed by atoms with Gasteiger partial charge in [0.05, 0.1) is 25.5 Å². The Morgan fingerprint density at radius 3 is 2.20 bits per heavy atom. The molecule has 0 aliphatic carbocycles. The van der Waals surface area contributed by atoms with Gasteiger partial charge in [-0.1, -0.05) is 42.5 Å². The minimum absolute atomic E-state index is 0.253. The van der Waals surface area contributed by atoms with Crippen LogP contribution in [0.5, 0.6) is 23.0 Å². The first-order valence-corrected chi connectivity index (χ1v) is 12.7. The van der Waals surface area contributed by atoms with Gasteiger partial charge in [0.25, 0.3) is 5.91 Å². The molecule has 1 N–H and O–H groups in total. The highest BCUT2D eigenvalue weighted by molar-refractivity contribution is 5.92. The van der Waals surface area contributed by atoms with Gasteiger partial charge in [-0.2, -0.15) is 5.10 Å². The largest absolute Gasteiger partial charge is 0.494 e. The lowest BCUT2D eigenvalue weighted by atomic mass is 10.1. The topological polar surface area (TPSA) is 95.5 Å². The summed E-state index contributed by atoms with van der Waals surface area (Å²) >= 11 is 0. The summed E-state index contributed by atoms with van der Waals surface area (Å²) in [6, 6.07) is 29.1. The van der Waals surface area contributed by atoms with E-state index in [1.165, 1.54) is 13.3 Å². The number of hydrazone groups is 1. The molecule has 0 saturated heterocycles. The molecule has 0 unspecified atom stereocenters. The number of rotatable bonds is 11. The van der Waals surface area contributed by atoms with Crippen LogP contribution in [0.3, 0.4) is 0 Å². The molecule has 0 radical (unpaired) electrons. The second-order valence-corrected chi connectivity index (χ2v) is 8.64. The van der Waals surface area contributed by atoms with Crippen molar-refractivity contribution in [2.75, 3.05) is 13.7 Å². The number of hydrogen-bond donors (Lipinski definition) is 1. The van der Waals surface area contributed by atoms with Crippen molar-refractivity contribution in [1.82, 2.24) is 5.43 Å². The molecule has 0 spiro atoms. The summed E-state index contributed by atoms with van der Waals surface area (Å²) in [4.78, 5) is 25.0. The fraction of sp³-hybridized carbons (Fsp3) is 0.156. The van der Waals surface area contributed by atoms with Crippen molar-refractivity contribution in [1.29, 1.82) is 0 Å². The minimum Gasteiger partial charge on any atom is -0.494 e. The molecule has 0 saturated carbocycles. The molecule has 204 valence electrons. The lowest BCUT2D eigenvalue weighted by Gasteiger charge is -2.13. The Labute approximate surface area is 233 Å². The predicted octanol–water partition coefficient (Wildman–Crippen LogP) is 5.90. The third-order valence-corrected chi connectivity index (χ3v) is 5.82. The maximum absolute atomic E-state index is 12.6. The van der Waals surface area contributed by atoms with Crippen molar-refractivity contribution >= 4 is 18.1 Å². The first kappa shape index (κ1) is 27.9. The lowest BCUT2D eigenvalue weighted by molar-refractivity contribution is -0.127. The van der Waals surface area contributed by atoms with Gasteiger partial charge in [0.2, 0.25) is 0 Å². The molecule has 1 amide bonds. The quantitative estimate of drug-likeness (QED) is 0.111. The van der Waals surface area contributed by atoms with Crippen LogP contribution < -0.4 is 24.4 Å². The van der Waals surface area contributed by atoms with Gasteiger partial charge in [-0.05, 0) is 85.1 Å². The number of ether oxygens (including phenoxy) is 4. The van der Waals surface area contributed by atoms with Crippen LogP contribution in [0.1, 0.15) is 29.8 Å². The highest BCUT2D eigenvalue weighted by Crippen LogP contribution is 2.29. The van der Waals surface area contributed by atoms with Crippen LogP contribution in [0.4, 0.5) is 0 Å². The molecule has 8 nitrogen and oxygen atoms in total. The van der Waals surface area contributed by atoms with E-state index in [1.807, 2.05) is 61.5 Å². The molecule has 0 heterocycles. The normalized spacial score (nSPS) is 11.5. The van der Waals surface area contributed by atoms with Gasteiger partial charge in [-0.15, -0.1) is 0 Å². The molecule has 8 heteroatoms. The first-order valence-electron chi connectivity index (χ1n) is 12.7. The number of nitrogens with one attached hydrogen (secondary N) is 1. The zero-order valence-electron chi connectivity index (χ0n) is 22.5.